The third kappa shape index (κ3) is 3.52. The van der Waals surface area contributed by atoms with E-state index in [1.165, 1.54) is 12.8 Å². The van der Waals surface area contributed by atoms with E-state index in [1.54, 1.807) is 0 Å². The van der Waals surface area contributed by atoms with Crippen LogP contribution in [0.15, 0.2) is 12.1 Å². The standard InChI is InChI=1S/C16H26N4O/c1-13-3-4-16(18-17-13)20-7-5-15(6-8-20)14(2)19-9-11-21-12-10-19/h3-4,14-15H,5-12H2,1-2H3. The van der Waals surface area contributed by atoms with Gasteiger partial charge in [-0.15, -0.1) is 5.10 Å². The van der Waals surface area contributed by atoms with Crippen LogP contribution < -0.4 is 4.90 Å². The van der Waals surface area contributed by atoms with Gasteiger partial charge in [-0.05, 0) is 44.7 Å². The zero-order valence-corrected chi connectivity index (χ0v) is 13.2. The van der Waals surface area contributed by atoms with Crippen LogP contribution in [0, 0.1) is 12.8 Å². The lowest BCUT2D eigenvalue weighted by Gasteiger charge is -2.41. The third-order valence-corrected chi connectivity index (χ3v) is 4.95. The topological polar surface area (TPSA) is 41.5 Å². The molecule has 3 heterocycles. The van der Waals surface area contributed by atoms with Crippen molar-refractivity contribution in [2.75, 3.05) is 44.3 Å². The van der Waals surface area contributed by atoms with E-state index >= 15 is 0 Å². The molecular weight excluding hydrogens is 264 g/mol. The average Bonchev–Trinajstić information content (AvgIpc) is 2.56. The second-order valence-electron chi connectivity index (χ2n) is 6.25. The van der Waals surface area contributed by atoms with Gasteiger partial charge in [0.2, 0.25) is 0 Å². The van der Waals surface area contributed by atoms with Gasteiger partial charge >= 0.3 is 0 Å². The Labute approximate surface area is 127 Å². The molecule has 5 nitrogen and oxygen atoms in total. The first-order valence-corrected chi connectivity index (χ1v) is 8.11. The summed E-state index contributed by atoms with van der Waals surface area (Å²) in [5.41, 5.74) is 0.981. The van der Waals surface area contributed by atoms with Crippen molar-refractivity contribution >= 4 is 5.82 Å². The van der Waals surface area contributed by atoms with Crippen molar-refractivity contribution in [1.29, 1.82) is 0 Å². The molecule has 0 aliphatic carbocycles. The SMILES string of the molecule is Cc1ccc(N2CCC(C(C)N3CCOCC3)CC2)nn1. The minimum Gasteiger partial charge on any atom is -0.379 e. The summed E-state index contributed by atoms with van der Waals surface area (Å²) >= 11 is 0. The number of aromatic nitrogens is 2. The van der Waals surface area contributed by atoms with Crippen molar-refractivity contribution in [1.82, 2.24) is 15.1 Å². The van der Waals surface area contributed by atoms with E-state index in [1.807, 2.05) is 13.0 Å². The number of rotatable bonds is 3. The van der Waals surface area contributed by atoms with E-state index in [4.69, 9.17) is 4.74 Å². The van der Waals surface area contributed by atoms with Crippen LogP contribution in [0.4, 0.5) is 5.82 Å². The van der Waals surface area contributed by atoms with E-state index in [2.05, 4.69) is 33.0 Å². The molecule has 1 atom stereocenters. The molecule has 1 aromatic rings. The molecule has 116 valence electrons. The highest BCUT2D eigenvalue weighted by Gasteiger charge is 2.28. The van der Waals surface area contributed by atoms with Gasteiger partial charge in [-0.25, -0.2) is 0 Å². The minimum atomic E-state index is 0.667. The molecule has 5 heteroatoms. The molecule has 2 saturated heterocycles. The fourth-order valence-electron chi connectivity index (χ4n) is 3.45. The summed E-state index contributed by atoms with van der Waals surface area (Å²) in [5.74, 6) is 1.82. The molecule has 2 aliphatic rings. The Morgan fingerprint density at radius 1 is 1.10 bits per heavy atom. The normalized spacial score (nSPS) is 23.2. The zero-order chi connectivity index (χ0) is 14.7. The van der Waals surface area contributed by atoms with Crippen molar-refractivity contribution in [3.05, 3.63) is 17.8 Å². The van der Waals surface area contributed by atoms with Crippen LogP contribution in [0.2, 0.25) is 0 Å². The first-order chi connectivity index (χ1) is 10.2. The van der Waals surface area contributed by atoms with Gasteiger partial charge in [-0.2, -0.15) is 5.10 Å². The summed E-state index contributed by atoms with van der Waals surface area (Å²) in [7, 11) is 0. The fourth-order valence-corrected chi connectivity index (χ4v) is 3.45. The Bertz CT molecular complexity index is 436. The maximum Gasteiger partial charge on any atom is 0.151 e. The summed E-state index contributed by atoms with van der Waals surface area (Å²) in [4.78, 5) is 4.96. The highest BCUT2D eigenvalue weighted by Crippen LogP contribution is 2.26. The second kappa shape index (κ2) is 6.71. The maximum atomic E-state index is 5.46. The zero-order valence-electron chi connectivity index (χ0n) is 13.2. The molecule has 0 spiro atoms. The number of nitrogens with zero attached hydrogens (tertiary/aromatic N) is 4. The molecule has 21 heavy (non-hydrogen) atoms. The van der Waals surface area contributed by atoms with Crippen LogP contribution in [0.5, 0.6) is 0 Å². The monoisotopic (exact) mass is 290 g/mol. The number of hydrogen-bond acceptors (Lipinski definition) is 5. The number of hydrogen-bond donors (Lipinski definition) is 0. The van der Waals surface area contributed by atoms with Crippen LogP contribution >= 0.6 is 0 Å². The quantitative estimate of drug-likeness (QED) is 0.848. The van der Waals surface area contributed by atoms with Crippen LogP contribution in [-0.2, 0) is 4.74 Å². The molecule has 3 rings (SSSR count). The van der Waals surface area contributed by atoms with Gasteiger partial charge in [-0.1, -0.05) is 0 Å². The van der Waals surface area contributed by atoms with Crippen LogP contribution in [0.25, 0.3) is 0 Å². The van der Waals surface area contributed by atoms with Gasteiger partial charge in [-0.3, -0.25) is 4.90 Å². The molecule has 1 aromatic heterocycles. The molecular formula is C16H26N4O. The maximum absolute atomic E-state index is 5.46. The number of piperidine rings is 1. The van der Waals surface area contributed by atoms with Crippen molar-refractivity contribution in [3.63, 3.8) is 0 Å². The van der Waals surface area contributed by atoms with Gasteiger partial charge in [0.15, 0.2) is 5.82 Å². The number of ether oxygens (including phenoxy) is 1. The van der Waals surface area contributed by atoms with Crippen LogP contribution in [0.3, 0.4) is 0 Å². The third-order valence-electron chi connectivity index (χ3n) is 4.95. The Morgan fingerprint density at radius 2 is 1.81 bits per heavy atom. The van der Waals surface area contributed by atoms with Crippen LogP contribution in [0.1, 0.15) is 25.5 Å². The Kier molecular flexibility index (Phi) is 4.70. The lowest BCUT2D eigenvalue weighted by atomic mass is 9.89. The predicted molar refractivity (Wildman–Crippen MR) is 83.6 cm³/mol. The summed E-state index contributed by atoms with van der Waals surface area (Å²) in [6.07, 6.45) is 2.49. The molecule has 0 bridgehead atoms. The second-order valence-corrected chi connectivity index (χ2v) is 6.25. The first-order valence-electron chi connectivity index (χ1n) is 8.11. The molecule has 0 aromatic carbocycles. The summed E-state index contributed by atoms with van der Waals surface area (Å²) < 4.78 is 5.46. The Hall–Kier alpha value is -1.20. The van der Waals surface area contributed by atoms with Crippen molar-refractivity contribution < 1.29 is 4.74 Å². The van der Waals surface area contributed by atoms with E-state index in [0.717, 1.165) is 56.8 Å². The van der Waals surface area contributed by atoms with Gasteiger partial charge in [0.1, 0.15) is 0 Å². The highest BCUT2D eigenvalue weighted by molar-refractivity contribution is 5.37. The molecule has 0 saturated carbocycles. The Balaban J connectivity index is 1.53. The predicted octanol–water partition coefficient (Wildman–Crippen LogP) is 1.72. The average molecular weight is 290 g/mol. The molecule has 0 amide bonds. The van der Waals surface area contributed by atoms with E-state index < -0.39 is 0 Å². The molecule has 0 N–H and O–H groups in total. The van der Waals surface area contributed by atoms with E-state index in [9.17, 15) is 0 Å². The number of aryl methyl sites for hydroxylation is 1. The fraction of sp³-hybridized carbons (Fsp3) is 0.750. The van der Waals surface area contributed by atoms with Crippen LogP contribution in [-0.4, -0.2) is 60.5 Å². The summed E-state index contributed by atoms with van der Waals surface area (Å²) in [5, 5.41) is 8.48. The summed E-state index contributed by atoms with van der Waals surface area (Å²) in [6, 6.07) is 4.80. The van der Waals surface area contributed by atoms with E-state index in [-0.39, 0.29) is 0 Å². The molecule has 1 unspecified atom stereocenters. The van der Waals surface area contributed by atoms with Gasteiger partial charge in [0, 0.05) is 32.2 Å². The number of morpholine rings is 1. The van der Waals surface area contributed by atoms with E-state index in [0.29, 0.717) is 6.04 Å². The van der Waals surface area contributed by atoms with Gasteiger partial charge in [0.05, 0.1) is 18.9 Å². The Morgan fingerprint density at radius 3 is 2.43 bits per heavy atom. The van der Waals surface area contributed by atoms with Crippen molar-refractivity contribution in [2.45, 2.75) is 32.7 Å². The number of anilines is 1. The van der Waals surface area contributed by atoms with Crippen molar-refractivity contribution in [2.24, 2.45) is 5.92 Å². The smallest absolute Gasteiger partial charge is 0.151 e. The lowest BCUT2D eigenvalue weighted by molar-refractivity contribution is 0.00447. The summed E-state index contributed by atoms with van der Waals surface area (Å²) in [6.45, 7) is 10.5. The molecule has 0 radical (unpaired) electrons. The van der Waals surface area contributed by atoms with Gasteiger partial charge < -0.3 is 9.64 Å². The van der Waals surface area contributed by atoms with Gasteiger partial charge in [0.25, 0.3) is 0 Å². The highest BCUT2D eigenvalue weighted by atomic mass is 16.5. The minimum absolute atomic E-state index is 0.667. The first kappa shape index (κ1) is 14.7. The molecule has 2 aliphatic heterocycles. The largest absolute Gasteiger partial charge is 0.379 e. The lowest BCUT2D eigenvalue weighted by Crippen LogP contribution is -2.48. The van der Waals surface area contributed by atoms with Crippen molar-refractivity contribution in [3.8, 4) is 0 Å². The molecule has 2 fully saturated rings.